The van der Waals surface area contributed by atoms with E-state index >= 15 is 0 Å². The molecule has 29 heavy (non-hydrogen) atoms. The summed E-state index contributed by atoms with van der Waals surface area (Å²) in [5.41, 5.74) is 2.44. The minimum atomic E-state index is -0.0693. The number of carbonyl (C=O) groups excluding carboxylic acids is 1. The van der Waals surface area contributed by atoms with E-state index in [1.165, 1.54) is 18.4 Å². The van der Waals surface area contributed by atoms with Gasteiger partial charge in [-0.05, 0) is 42.3 Å². The maximum Gasteiger partial charge on any atom is 0.196 e. The fourth-order valence-electron chi connectivity index (χ4n) is 2.78. The van der Waals surface area contributed by atoms with Gasteiger partial charge in [0.2, 0.25) is 0 Å². The van der Waals surface area contributed by atoms with Crippen molar-refractivity contribution in [2.24, 2.45) is 4.99 Å². The second kappa shape index (κ2) is 9.67. The zero-order valence-electron chi connectivity index (χ0n) is 16.2. The summed E-state index contributed by atoms with van der Waals surface area (Å²) in [6.45, 7) is 2.08. The van der Waals surface area contributed by atoms with E-state index in [2.05, 4.69) is 16.9 Å². The van der Waals surface area contributed by atoms with Crippen molar-refractivity contribution in [3.8, 4) is 22.1 Å². The molecule has 5 nitrogen and oxygen atoms in total. The number of methoxy groups -OCH3 is 1. The molecule has 7 heteroatoms. The Kier molecular flexibility index (Phi) is 7.01. The first-order valence-corrected chi connectivity index (χ1v) is 10.4. The molecular weight excluding hydrogens is 408 g/mol. The van der Waals surface area contributed by atoms with Crippen LogP contribution in [0.4, 0.5) is 0 Å². The zero-order chi connectivity index (χ0) is 20.8. The minimum Gasteiger partial charge on any atom is -0.504 e. The number of benzene rings is 2. The molecular formula is C22H21ClN2O3S. The first-order valence-electron chi connectivity index (χ1n) is 9.17. The molecule has 0 saturated heterocycles. The standard InChI is InChI=1S/C22H21ClN2O3S/c1-3-4-17-21(29-22(25-17)15-6-8-16(23)9-7-15)19(27)13-24-12-14-5-10-20(28-2)18(26)11-14/h5-12,26H,3-4,13H2,1-2H3. The van der Waals surface area contributed by atoms with Crippen molar-refractivity contribution in [3.63, 3.8) is 0 Å². The Morgan fingerprint density at radius 3 is 2.69 bits per heavy atom. The Morgan fingerprint density at radius 1 is 1.28 bits per heavy atom. The Bertz CT molecular complexity index is 1030. The number of hydrogen-bond acceptors (Lipinski definition) is 6. The first kappa shape index (κ1) is 21.0. The molecule has 0 saturated carbocycles. The summed E-state index contributed by atoms with van der Waals surface area (Å²) in [7, 11) is 1.49. The maximum atomic E-state index is 12.8. The topological polar surface area (TPSA) is 71.8 Å². The Balaban J connectivity index is 1.77. The zero-order valence-corrected chi connectivity index (χ0v) is 17.8. The number of phenolic OH excluding ortho intramolecular Hbond substituents is 1. The fourth-order valence-corrected chi connectivity index (χ4v) is 3.96. The van der Waals surface area contributed by atoms with E-state index in [0.29, 0.717) is 21.2 Å². The molecule has 2 aromatic carbocycles. The van der Waals surface area contributed by atoms with Gasteiger partial charge in [-0.25, -0.2) is 4.98 Å². The lowest BCUT2D eigenvalue weighted by molar-refractivity contribution is 0.100. The summed E-state index contributed by atoms with van der Waals surface area (Å²) in [4.78, 5) is 22.3. The predicted molar refractivity (Wildman–Crippen MR) is 118 cm³/mol. The van der Waals surface area contributed by atoms with Crippen LogP contribution in [0.3, 0.4) is 0 Å². The number of thiazole rings is 1. The van der Waals surface area contributed by atoms with Crippen LogP contribution >= 0.6 is 22.9 Å². The predicted octanol–water partition coefficient (Wildman–Crippen LogP) is 5.43. The van der Waals surface area contributed by atoms with Crippen LogP contribution in [0.15, 0.2) is 47.5 Å². The van der Waals surface area contributed by atoms with Gasteiger partial charge in [-0.1, -0.05) is 37.1 Å². The van der Waals surface area contributed by atoms with Crippen LogP contribution in [0, 0.1) is 0 Å². The molecule has 0 fully saturated rings. The molecule has 0 spiro atoms. The highest BCUT2D eigenvalue weighted by atomic mass is 35.5. The van der Waals surface area contributed by atoms with E-state index in [9.17, 15) is 9.90 Å². The van der Waals surface area contributed by atoms with Crippen molar-refractivity contribution in [1.29, 1.82) is 0 Å². The van der Waals surface area contributed by atoms with Crippen LogP contribution < -0.4 is 4.74 Å². The number of phenols is 1. The number of rotatable bonds is 8. The van der Waals surface area contributed by atoms with Crippen LogP contribution in [0.5, 0.6) is 11.5 Å². The third-order valence-electron chi connectivity index (χ3n) is 4.21. The number of hydrogen-bond donors (Lipinski definition) is 1. The van der Waals surface area contributed by atoms with Crippen molar-refractivity contribution in [3.05, 3.63) is 63.6 Å². The third-order valence-corrected chi connectivity index (χ3v) is 5.65. The molecule has 0 aliphatic heterocycles. The van der Waals surface area contributed by atoms with Gasteiger partial charge < -0.3 is 9.84 Å². The molecule has 0 aliphatic carbocycles. The molecule has 3 rings (SSSR count). The normalized spacial score (nSPS) is 11.1. The van der Waals surface area contributed by atoms with Gasteiger partial charge in [0, 0.05) is 16.8 Å². The highest BCUT2D eigenvalue weighted by Gasteiger charge is 2.18. The molecule has 1 heterocycles. The number of carbonyl (C=O) groups is 1. The highest BCUT2D eigenvalue weighted by Crippen LogP contribution is 2.30. The number of aryl methyl sites for hydroxylation is 1. The van der Waals surface area contributed by atoms with E-state index < -0.39 is 0 Å². The number of halogens is 1. The molecule has 0 amide bonds. The number of aromatic hydroxyl groups is 1. The summed E-state index contributed by atoms with van der Waals surface area (Å²) < 4.78 is 5.02. The van der Waals surface area contributed by atoms with Crippen LogP contribution in [0.1, 0.15) is 34.3 Å². The average Bonchev–Trinajstić information content (AvgIpc) is 3.13. The number of aromatic nitrogens is 1. The van der Waals surface area contributed by atoms with Crippen LogP contribution in [0.2, 0.25) is 5.02 Å². The molecule has 0 bridgehead atoms. The molecule has 1 aromatic heterocycles. The monoisotopic (exact) mass is 428 g/mol. The van der Waals surface area contributed by atoms with Crippen LogP contribution in [-0.4, -0.2) is 35.7 Å². The number of nitrogens with zero attached hydrogens (tertiary/aromatic N) is 2. The fraction of sp³-hybridized carbons (Fsp3) is 0.227. The van der Waals surface area contributed by atoms with Gasteiger partial charge in [-0.2, -0.15) is 0 Å². The molecule has 3 aromatic rings. The number of aliphatic imine (C=N–C) groups is 1. The van der Waals surface area contributed by atoms with Crippen LogP contribution in [0.25, 0.3) is 10.6 Å². The van der Waals surface area contributed by atoms with Crippen molar-refractivity contribution in [2.45, 2.75) is 19.8 Å². The number of ketones is 1. The molecule has 0 atom stereocenters. The minimum absolute atomic E-state index is 0.0196. The van der Waals surface area contributed by atoms with E-state index in [1.807, 2.05) is 24.3 Å². The molecule has 0 aliphatic rings. The largest absolute Gasteiger partial charge is 0.504 e. The summed E-state index contributed by atoms with van der Waals surface area (Å²) in [6, 6.07) is 12.4. The van der Waals surface area contributed by atoms with Crippen molar-refractivity contribution >= 4 is 34.9 Å². The Hall–Kier alpha value is -2.70. The van der Waals surface area contributed by atoms with Gasteiger partial charge in [0.05, 0.1) is 17.7 Å². The van der Waals surface area contributed by atoms with E-state index in [4.69, 9.17) is 16.3 Å². The average molecular weight is 429 g/mol. The van der Waals surface area contributed by atoms with Crippen molar-refractivity contribution < 1.29 is 14.6 Å². The van der Waals surface area contributed by atoms with Gasteiger partial charge in [0.1, 0.15) is 11.6 Å². The summed E-state index contributed by atoms with van der Waals surface area (Å²) in [6.07, 6.45) is 3.21. The van der Waals surface area contributed by atoms with Gasteiger partial charge in [0.15, 0.2) is 17.3 Å². The molecule has 0 unspecified atom stereocenters. The summed E-state index contributed by atoms with van der Waals surface area (Å²) in [5, 5.41) is 11.3. The lowest BCUT2D eigenvalue weighted by Crippen LogP contribution is -2.05. The Labute approximate surface area is 178 Å². The van der Waals surface area contributed by atoms with Gasteiger partial charge in [0.25, 0.3) is 0 Å². The lowest BCUT2D eigenvalue weighted by atomic mass is 10.2. The molecule has 0 radical (unpaired) electrons. The number of Topliss-reactive ketones (excluding diaryl/α,β-unsaturated/α-hetero) is 1. The van der Waals surface area contributed by atoms with E-state index in [0.717, 1.165) is 29.1 Å². The molecule has 1 N–H and O–H groups in total. The van der Waals surface area contributed by atoms with Crippen LogP contribution in [-0.2, 0) is 6.42 Å². The molecule has 150 valence electrons. The Morgan fingerprint density at radius 2 is 2.03 bits per heavy atom. The quantitative estimate of drug-likeness (QED) is 0.383. The summed E-state index contributed by atoms with van der Waals surface area (Å²) >= 11 is 7.35. The number of ether oxygens (including phenoxy) is 1. The first-order chi connectivity index (χ1) is 14.0. The summed E-state index contributed by atoms with van der Waals surface area (Å²) in [5.74, 6) is 0.352. The second-order valence-electron chi connectivity index (χ2n) is 6.38. The van der Waals surface area contributed by atoms with Crippen molar-refractivity contribution in [2.75, 3.05) is 13.7 Å². The SMILES string of the molecule is CCCc1nc(-c2ccc(Cl)cc2)sc1C(=O)CN=Cc1ccc(OC)c(O)c1. The third kappa shape index (κ3) is 5.22. The van der Waals surface area contributed by atoms with Gasteiger partial charge in [-0.15, -0.1) is 11.3 Å². The van der Waals surface area contributed by atoms with Crippen molar-refractivity contribution in [1.82, 2.24) is 4.98 Å². The van der Waals surface area contributed by atoms with E-state index in [-0.39, 0.29) is 18.1 Å². The van der Waals surface area contributed by atoms with Gasteiger partial charge >= 0.3 is 0 Å². The van der Waals surface area contributed by atoms with Gasteiger partial charge in [-0.3, -0.25) is 9.79 Å². The highest BCUT2D eigenvalue weighted by molar-refractivity contribution is 7.17. The smallest absolute Gasteiger partial charge is 0.196 e. The second-order valence-corrected chi connectivity index (χ2v) is 7.81. The lowest BCUT2D eigenvalue weighted by Gasteiger charge is -2.03. The van der Waals surface area contributed by atoms with E-state index in [1.54, 1.807) is 24.4 Å². The maximum absolute atomic E-state index is 12.8.